The van der Waals surface area contributed by atoms with Gasteiger partial charge in [-0.3, -0.25) is 4.79 Å². The van der Waals surface area contributed by atoms with E-state index in [2.05, 4.69) is 15.3 Å². The smallest absolute Gasteiger partial charge is 0.150 e. The van der Waals surface area contributed by atoms with Crippen LogP contribution in [0.25, 0.3) is 22.0 Å². The minimum absolute atomic E-state index is 0.667. The molecule has 0 aliphatic carbocycles. The lowest BCUT2D eigenvalue weighted by Gasteiger charge is -2.07. The molecule has 1 aromatic heterocycles. The first kappa shape index (κ1) is 12.3. The number of hydrogen-bond donors (Lipinski definition) is 1. The molecule has 0 aliphatic heterocycles. The van der Waals surface area contributed by atoms with E-state index in [0.29, 0.717) is 5.56 Å². The molecule has 0 saturated heterocycles. The second kappa shape index (κ2) is 5.09. The fourth-order valence-electron chi connectivity index (χ4n) is 2.23. The predicted octanol–water partition coefficient (Wildman–Crippen LogP) is 3.15. The summed E-state index contributed by atoms with van der Waals surface area (Å²) >= 11 is 0. The van der Waals surface area contributed by atoms with E-state index in [-0.39, 0.29) is 0 Å². The average molecular weight is 263 g/mol. The van der Waals surface area contributed by atoms with E-state index < -0.39 is 0 Å². The van der Waals surface area contributed by atoms with Gasteiger partial charge in [0.05, 0.1) is 5.52 Å². The minimum atomic E-state index is 0.667. The summed E-state index contributed by atoms with van der Waals surface area (Å²) in [6.45, 7) is 0. The third-order valence-corrected chi connectivity index (χ3v) is 3.23. The molecule has 0 bridgehead atoms. The lowest BCUT2D eigenvalue weighted by atomic mass is 10.0. The first-order chi connectivity index (χ1) is 9.81. The molecule has 2 aromatic carbocycles. The molecule has 0 fully saturated rings. The molecule has 0 radical (unpaired) electrons. The van der Waals surface area contributed by atoms with Crippen LogP contribution in [0.1, 0.15) is 10.4 Å². The van der Waals surface area contributed by atoms with Crippen molar-refractivity contribution in [3.63, 3.8) is 0 Å². The average Bonchev–Trinajstić information content (AvgIpc) is 2.53. The van der Waals surface area contributed by atoms with Gasteiger partial charge in [0.25, 0.3) is 0 Å². The Labute approximate surface area is 116 Å². The summed E-state index contributed by atoms with van der Waals surface area (Å²) in [5.41, 5.74) is 3.59. The SMILES string of the molecule is CNc1ncnc2ccc(-c3cccc(C=O)c3)cc12. The Hall–Kier alpha value is -2.75. The number of aldehydes is 1. The van der Waals surface area contributed by atoms with E-state index in [1.54, 1.807) is 12.4 Å². The van der Waals surface area contributed by atoms with Crippen molar-refractivity contribution < 1.29 is 4.79 Å². The zero-order valence-electron chi connectivity index (χ0n) is 11.0. The topological polar surface area (TPSA) is 54.9 Å². The molecular weight excluding hydrogens is 250 g/mol. The highest BCUT2D eigenvalue weighted by Gasteiger charge is 2.05. The molecule has 98 valence electrons. The van der Waals surface area contributed by atoms with Crippen LogP contribution in [0.3, 0.4) is 0 Å². The van der Waals surface area contributed by atoms with Gasteiger partial charge in [0, 0.05) is 18.0 Å². The van der Waals surface area contributed by atoms with Crippen LogP contribution in [0.2, 0.25) is 0 Å². The summed E-state index contributed by atoms with van der Waals surface area (Å²) in [7, 11) is 1.83. The minimum Gasteiger partial charge on any atom is -0.373 e. The number of carbonyl (C=O) groups is 1. The van der Waals surface area contributed by atoms with Crippen LogP contribution >= 0.6 is 0 Å². The van der Waals surface area contributed by atoms with E-state index in [9.17, 15) is 4.79 Å². The molecule has 0 aliphatic rings. The number of rotatable bonds is 3. The summed E-state index contributed by atoms with van der Waals surface area (Å²) in [6.07, 6.45) is 2.40. The Morgan fingerprint density at radius 3 is 2.70 bits per heavy atom. The largest absolute Gasteiger partial charge is 0.373 e. The Kier molecular flexibility index (Phi) is 3.13. The van der Waals surface area contributed by atoms with Crippen LogP contribution < -0.4 is 5.32 Å². The zero-order chi connectivity index (χ0) is 13.9. The van der Waals surface area contributed by atoms with E-state index >= 15 is 0 Å². The number of carbonyl (C=O) groups excluding carboxylic acids is 1. The van der Waals surface area contributed by atoms with Gasteiger partial charge >= 0.3 is 0 Å². The first-order valence-electron chi connectivity index (χ1n) is 6.30. The van der Waals surface area contributed by atoms with Gasteiger partial charge in [-0.2, -0.15) is 0 Å². The molecule has 0 atom stereocenters. The third-order valence-electron chi connectivity index (χ3n) is 3.23. The highest BCUT2D eigenvalue weighted by Crippen LogP contribution is 2.26. The summed E-state index contributed by atoms with van der Waals surface area (Å²) in [5, 5.41) is 4.03. The molecule has 3 rings (SSSR count). The molecule has 0 unspecified atom stereocenters. The number of nitrogens with one attached hydrogen (secondary N) is 1. The van der Waals surface area contributed by atoms with Gasteiger partial charge < -0.3 is 5.32 Å². The van der Waals surface area contributed by atoms with Crippen LogP contribution in [-0.4, -0.2) is 23.3 Å². The van der Waals surface area contributed by atoms with E-state index in [4.69, 9.17) is 0 Å². The number of hydrogen-bond acceptors (Lipinski definition) is 4. The fourth-order valence-corrected chi connectivity index (χ4v) is 2.23. The number of fused-ring (bicyclic) bond motifs is 1. The van der Waals surface area contributed by atoms with E-state index in [0.717, 1.165) is 34.1 Å². The van der Waals surface area contributed by atoms with Gasteiger partial charge in [0.2, 0.25) is 0 Å². The van der Waals surface area contributed by atoms with Crippen molar-refractivity contribution in [3.8, 4) is 11.1 Å². The van der Waals surface area contributed by atoms with Gasteiger partial charge in [-0.25, -0.2) is 9.97 Å². The van der Waals surface area contributed by atoms with Crippen molar-refractivity contribution in [1.29, 1.82) is 0 Å². The van der Waals surface area contributed by atoms with Crippen LogP contribution in [0.5, 0.6) is 0 Å². The summed E-state index contributed by atoms with van der Waals surface area (Å²) < 4.78 is 0. The number of benzene rings is 2. The maximum absolute atomic E-state index is 10.9. The summed E-state index contributed by atoms with van der Waals surface area (Å²) in [6, 6.07) is 13.5. The third kappa shape index (κ3) is 2.12. The second-order valence-electron chi connectivity index (χ2n) is 4.45. The van der Waals surface area contributed by atoms with Crippen LogP contribution in [0, 0.1) is 0 Å². The van der Waals surface area contributed by atoms with E-state index in [1.807, 2.05) is 43.4 Å². The molecular formula is C16H13N3O. The molecule has 20 heavy (non-hydrogen) atoms. The Bertz CT molecular complexity index is 784. The highest BCUT2D eigenvalue weighted by molar-refractivity contribution is 5.92. The van der Waals surface area contributed by atoms with Crippen molar-refractivity contribution in [2.24, 2.45) is 0 Å². The van der Waals surface area contributed by atoms with Crippen LogP contribution in [0.4, 0.5) is 5.82 Å². The van der Waals surface area contributed by atoms with Gasteiger partial charge in [-0.1, -0.05) is 24.3 Å². The molecule has 0 saturated carbocycles. The zero-order valence-corrected chi connectivity index (χ0v) is 11.0. The number of aromatic nitrogens is 2. The van der Waals surface area contributed by atoms with Crippen molar-refractivity contribution in [2.45, 2.75) is 0 Å². The summed E-state index contributed by atoms with van der Waals surface area (Å²) in [4.78, 5) is 19.3. The highest BCUT2D eigenvalue weighted by atomic mass is 16.1. The number of nitrogens with zero attached hydrogens (tertiary/aromatic N) is 2. The molecule has 0 spiro atoms. The van der Waals surface area contributed by atoms with Gasteiger partial charge in [-0.15, -0.1) is 0 Å². The van der Waals surface area contributed by atoms with E-state index in [1.165, 1.54) is 0 Å². The van der Waals surface area contributed by atoms with Crippen molar-refractivity contribution in [1.82, 2.24) is 9.97 Å². The van der Waals surface area contributed by atoms with Crippen molar-refractivity contribution >= 4 is 23.0 Å². The second-order valence-corrected chi connectivity index (χ2v) is 4.45. The van der Waals surface area contributed by atoms with Crippen LogP contribution in [0.15, 0.2) is 48.8 Å². The number of anilines is 1. The van der Waals surface area contributed by atoms with Crippen LogP contribution in [-0.2, 0) is 0 Å². The van der Waals surface area contributed by atoms with Gasteiger partial charge in [0.15, 0.2) is 0 Å². The monoisotopic (exact) mass is 263 g/mol. The van der Waals surface area contributed by atoms with Crippen molar-refractivity contribution in [2.75, 3.05) is 12.4 Å². The first-order valence-corrected chi connectivity index (χ1v) is 6.30. The molecule has 4 heteroatoms. The molecule has 4 nitrogen and oxygen atoms in total. The predicted molar refractivity (Wildman–Crippen MR) is 79.9 cm³/mol. The normalized spacial score (nSPS) is 10.4. The lowest BCUT2D eigenvalue weighted by molar-refractivity contribution is 0.112. The maximum atomic E-state index is 10.9. The Morgan fingerprint density at radius 2 is 1.90 bits per heavy atom. The quantitative estimate of drug-likeness (QED) is 0.737. The Balaban J connectivity index is 2.19. The lowest BCUT2D eigenvalue weighted by Crippen LogP contribution is -1.95. The van der Waals surface area contributed by atoms with Gasteiger partial charge in [0.1, 0.15) is 18.4 Å². The fraction of sp³-hybridized carbons (Fsp3) is 0.0625. The van der Waals surface area contributed by atoms with Crippen molar-refractivity contribution in [3.05, 3.63) is 54.4 Å². The molecule has 1 N–H and O–H groups in total. The molecule has 3 aromatic rings. The molecule has 0 amide bonds. The molecule has 1 heterocycles. The Morgan fingerprint density at radius 1 is 1.05 bits per heavy atom. The standard InChI is InChI=1S/C16H13N3O/c1-17-16-14-8-13(5-6-15(14)18-10-19-16)12-4-2-3-11(7-12)9-20/h2-10H,1H3,(H,17,18,19). The summed E-state index contributed by atoms with van der Waals surface area (Å²) in [5.74, 6) is 0.795. The maximum Gasteiger partial charge on any atom is 0.150 e. The van der Waals surface area contributed by atoms with Gasteiger partial charge in [-0.05, 0) is 29.3 Å².